The van der Waals surface area contributed by atoms with Crippen LogP contribution in [0.1, 0.15) is 50.9 Å². The van der Waals surface area contributed by atoms with Crippen molar-refractivity contribution >= 4 is 0 Å². The molecular formula is C16H21N3O2. The summed E-state index contributed by atoms with van der Waals surface area (Å²) in [4.78, 5) is 16.9. The van der Waals surface area contributed by atoms with Crippen LogP contribution in [-0.4, -0.2) is 14.7 Å². The topological polar surface area (TPSA) is 60.9 Å². The standard InChI is InChI=1S/C16H21N3O2/c1-5-16(3,4)15-17-14(18-21-15)13-11-7-6-8-19(11)10(2)9-12(13)20/h9H,5-8H2,1-4H3. The fourth-order valence-corrected chi connectivity index (χ4v) is 2.80. The van der Waals surface area contributed by atoms with E-state index < -0.39 is 0 Å². The van der Waals surface area contributed by atoms with Gasteiger partial charge in [0.25, 0.3) is 0 Å². The molecule has 112 valence electrons. The first kappa shape index (κ1) is 14.0. The first-order chi connectivity index (χ1) is 9.94. The van der Waals surface area contributed by atoms with E-state index in [1.807, 2.05) is 6.92 Å². The first-order valence-electron chi connectivity index (χ1n) is 7.52. The van der Waals surface area contributed by atoms with E-state index in [9.17, 15) is 4.79 Å². The monoisotopic (exact) mass is 287 g/mol. The Morgan fingerprint density at radius 3 is 2.90 bits per heavy atom. The van der Waals surface area contributed by atoms with Gasteiger partial charge in [-0.15, -0.1) is 0 Å². The van der Waals surface area contributed by atoms with Crippen LogP contribution in [0, 0.1) is 6.92 Å². The summed E-state index contributed by atoms with van der Waals surface area (Å²) in [6.07, 6.45) is 2.86. The molecule has 1 aliphatic rings. The van der Waals surface area contributed by atoms with Crippen molar-refractivity contribution in [2.24, 2.45) is 0 Å². The van der Waals surface area contributed by atoms with Gasteiger partial charge in [0.05, 0.1) is 5.56 Å². The van der Waals surface area contributed by atoms with Crippen LogP contribution in [0.25, 0.3) is 11.4 Å². The Bertz CT molecular complexity index is 740. The molecule has 0 spiro atoms. The molecule has 0 atom stereocenters. The Hall–Kier alpha value is -1.91. The highest BCUT2D eigenvalue weighted by Gasteiger charge is 2.28. The van der Waals surface area contributed by atoms with Crippen molar-refractivity contribution in [3.05, 3.63) is 33.6 Å². The van der Waals surface area contributed by atoms with Crippen molar-refractivity contribution in [3.8, 4) is 11.4 Å². The normalized spacial score (nSPS) is 14.5. The predicted molar refractivity (Wildman–Crippen MR) is 80.4 cm³/mol. The molecule has 0 aliphatic carbocycles. The smallest absolute Gasteiger partial charge is 0.232 e. The second kappa shape index (κ2) is 4.83. The molecule has 0 fully saturated rings. The molecule has 5 heteroatoms. The maximum absolute atomic E-state index is 12.4. The molecule has 3 rings (SSSR count). The van der Waals surface area contributed by atoms with Gasteiger partial charge in [-0.1, -0.05) is 25.9 Å². The van der Waals surface area contributed by atoms with E-state index in [-0.39, 0.29) is 10.8 Å². The van der Waals surface area contributed by atoms with Gasteiger partial charge in [-0.3, -0.25) is 4.79 Å². The molecule has 3 heterocycles. The van der Waals surface area contributed by atoms with Gasteiger partial charge >= 0.3 is 0 Å². The summed E-state index contributed by atoms with van der Waals surface area (Å²) in [6, 6.07) is 1.67. The van der Waals surface area contributed by atoms with Crippen molar-refractivity contribution in [2.45, 2.75) is 58.9 Å². The van der Waals surface area contributed by atoms with Gasteiger partial charge in [0, 0.05) is 29.4 Å². The van der Waals surface area contributed by atoms with E-state index in [4.69, 9.17) is 4.52 Å². The lowest BCUT2D eigenvalue weighted by molar-refractivity contribution is 0.302. The van der Waals surface area contributed by atoms with Gasteiger partial charge in [0.2, 0.25) is 11.7 Å². The zero-order chi connectivity index (χ0) is 15.2. The zero-order valence-electron chi connectivity index (χ0n) is 13.1. The van der Waals surface area contributed by atoms with Crippen LogP contribution >= 0.6 is 0 Å². The van der Waals surface area contributed by atoms with Crippen molar-refractivity contribution in [1.82, 2.24) is 14.7 Å². The number of aryl methyl sites for hydroxylation is 1. The minimum Gasteiger partial charge on any atom is -0.348 e. The SMILES string of the molecule is CCC(C)(C)c1nc(-c2c3n(c(C)cc2=O)CCC3)no1. The third-order valence-corrected chi connectivity index (χ3v) is 4.53. The summed E-state index contributed by atoms with van der Waals surface area (Å²) in [5.41, 5.74) is 2.48. The van der Waals surface area contributed by atoms with Crippen LogP contribution in [0.2, 0.25) is 0 Å². The number of hydrogen-bond acceptors (Lipinski definition) is 4. The lowest BCUT2D eigenvalue weighted by Gasteiger charge is -2.16. The Balaban J connectivity index is 2.15. The summed E-state index contributed by atoms with van der Waals surface area (Å²) < 4.78 is 7.60. The van der Waals surface area contributed by atoms with Crippen molar-refractivity contribution in [1.29, 1.82) is 0 Å². The van der Waals surface area contributed by atoms with Crippen LogP contribution in [0.15, 0.2) is 15.4 Å². The number of fused-ring (bicyclic) bond motifs is 1. The minimum absolute atomic E-state index is 0.0118. The van der Waals surface area contributed by atoms with E-state index >= 15 is 0 Å². The molecular weight excluding hydrogens is 266 g/mol. The third kappa shape index (κ3) is 2.20. The van der Waals surface area contributed by atoms with Gasteiger partial charge in [0.1, 0.15) is 0 Å². The minimum atomic E-state index is -0.171. The number of pyridine rings is 1. The van der Waals surface area contributed by atoms with E-state index in [0.29, 0.717) is 17.3 Å². The molecule has 0 saturated carbocycles. The van der Waals surface area contributed by atoms with Gasteiger partial charge in [0.15, 0.2) is 5.43 Å². The summed E-state index contributed by atoms with van der Waals surface area (Å²) in [6.45, 7) is 9.15. The van der Waals surface area contributed by atoms with Gasteiger partial charge < -0.3 is 9.09 Å². The largest absolute Gasteiger partial charge is 0.348 e. The molecule has 2 aromatic rings. The highest BCUT2D eigenvalue weighted by molar-refractivity contribution is 5.59. The van der Waals surface area contributed by atoms with Crippen molar-refractivity contribution in [2.75, 3.05) is 0 Å². The fraction of sp³-hybridized carbons (Fsp3) is 0.562. The molecule has 5 nitrogen and oxygen atoms in total. The van der Waals surface area contributed by atoms with Gasteiger partial charge in [-0.05, 0) is 26.2 Å². The van der Waals surface area contributed by atoms with E-state index in [0.717, 1.165) is 37.2 Å². The highest BCUT2D eigenvalue weighted by Crippen LogP contribution is 2.29. The Morgan fingerprint density at radius 1 is 1.43 bits per heavy atom. The van der Waals surface area contributed by atoms with Crippen molar-refractivity contribution in [3.63, 3.8) is 0 Å². The Morgan fingerprint density at radius 2 is 2.19 bits per heavy atom. The summed E-state index contributed by atoms with van der Waals surface area (Å²) >= 11 is 0. The molecule has 0 unspecified atom stereocenters. The van der Waals surface area contributed by atoms with Gasteiger partial charge in [-0.25, -0.2) is 0 Å². The van der Waals surface area contributed by atoms with Crippen LogP contribution < -0.4 is 5.43 Å². The van der Waals surface area contributed by atoms with E-state index in [2.05, 4.69) is 35.5 Å². The maximum Gasteiger partial charge on any atom is 0.232 e. The number of hydrogen-bond donors (Lipinski definition) is 0. The van der Waals surface area contributed by atoms with E-state index in [1.165, 1.54) is 0 Å². The Kier molecular flexibility index (Phi) is 3.23. The number of nitrogens with zero attached hydrogens (tertiary/aromatic N) is 3. The maximum atomic E-state index is 12.4. The third-order valence-electron chi connectivity index (χ3n) is 4.53. The molecule has 2 aromatic heterocycles. The molecule has 0 saturated heterocycles. The second-order valence-corrected chi connectivity index (χ2v) is 6.39. The van der Waals surface area contributed by atoms with Crippen LogP contribution in [0.5, 0.6) is 0 Å². The van der Waals surface area contributed by atoms with Gasteiger partial charge in [-0.2, -0.15) is 4.98 Å². The lowest BCUT2D eigenvalue weighted by Crippen LogP contribution is -2.17. The van der Waals surface area contributed by atoms with Crippen LogP contribution in [-0.2, 0) is 18.4 Å². The molecule has 21 heavy (non-hydrogen) atoms. The predicted octanol–water partition coefficient (Wildman–Crippen LogP) is 2.84. The Labute approximate surface area is 124 Å². The molecule has 0 amide bonds. The van der Waals surface area contributed by atoms with E-state index in [1.54, 1.807) is 6.07 Å². The zero-order valence-corrected chi connectivity index (χ0v) is 13.1. The van der Waals surface area contributed by atoms with Crippen LogP contribution in [0.4, 0.5) is 0 Å². The summed E-state index contributed by atoms with van der Waals surface area (Å²) in [5, 5.41) is 4.07. The average molecular weight is 287 g/mol. The molecule has 1 aliphatic heterocycles. The molecule has 0 N–H and O–H groups in total. The van der Waals surface area contributed by atoms with Crippen molar-refractivity contribution < 1.29 is 4.52 Å². The van der Waals surface area contributed by atoms with Crippen LogP contribution in [0.3, 0.4) is 0 Å². The molecule has 0 bridgehead atoms. The first-order valence-corrected chi connectivity index (χ1v) is 7.52. The lowest BCUT2D eigenvalue weighted by atomic mass is 9.90. The highest BCUT2D eigenvalue weighted by atomic mass is 16.5. The quantitative estimate of drug-likeness (QED) is 0.871. The average Bonchev–Trinajstić information content (AvgIpc) is 3.08. The number of rotatable bonds is 3. The molecule has 0 radical (unpaired) electrons. The fourth-order valence-electron chi connectivity index (χ4n) is 2.80. The second-order valence-electron chi connectivity index (χ2n) is 6.39. The number of aromatic nitrogens is 3. The molecule has 0 aromatic carbocycles. The summed E-state index contributed by atoms with van der Waals surface area (Å²) in [5.74, 6) is 1.03. The summed E-state index contributed by atoms with van der Waals surface area (Å²) in [7, 11) is 0.